The zero-order valence-electron chi connectivity index (χ0n) is 15.9. The molecule has 0 radical (unpaired) electrons. The second kappa shape index (κ2) is 11.6. The standard InChI is InChI=1S/C18H24N2O2S.C2H6/c1-5-7-17(12-15(6-2)13-20-14(3)4)16-8-10-18(11-9-16)23(19,21)22;1-2/h6,8-13H,3,5,7H2,1-2,4H3,(H2,19,21,22);1-2H3/b15-6-,17-12-,20-13?;. The minimum Gasteiger partial charge on any atom is -0.262 e. The molecule has 0 spiro atoms. The zero-order chi connectivity index (χ0) is 19.5. The number of allylic oxidation sites excluding steroid dienone is 5. The molecule has 4 nitrogen and oxygen atoms in total. The molecule has 0 amide bonds. The van der Waals surface area contributed by atoms with E-state index in [0.29, 0.717) is 0 Å². The number of sulfonamides is 1. The highest BCUT2D eigenvalue weighted by Gasteiger charge is 2.08. The summed E-state index contributed by atoms with van der Waals surface area (Å²) in [7, 11) is -3.67. The van der Waals surface area contributed by atoms with E-state index in [-0.39, 0.29) is 4.90 Å². The predicted molar refractivity (Wildman–Crippen MR) is 109 cm³/mol. The van der Waals surface area contributed by atoms with Crippen molar-refractivity contribution in [2.45, 2.75) is 52.4 Å². The van der Waals surface area contributed by atoms with E-state index >= 15 is 0 Å². The number of benzene rings is 1. The third-order valence-corrected chi connectivity index (χ3v) is 4.11. The first-order chi connectivity index (χ1) is 11.8. The van der Waals surface area contributed by atoms with Gasteiger partial charge in [0.15, 0.2) is 0 Å². The Balaban J connectivity index is 0.00000277. The number of nitrogens with two attached hydrogens (primary N) is 1. The van der Waals surface area contributed by atoms with Gasteiger partial charge in [0.25, 0.3) is 0 Å². The molecule has 5 heteroatoms. The van der Waals surface area contributed by atoms with Crippen LogP contribution in [0, 0.1) is 0 Å². The summed E-state index contributed by atoms with van der Waals surface area (Å²) in [4.78, 5) is 4.34. The lowest BCUT2D eigenvalue weighted by Crippen LogP contribution is -2.11. The number of nitrogens with zero attached hydrogens (tertiary/aromatic N) is 1. The van der Waals surface area contributed by atoms with Gasteiger partial charge in [-0.25, -0.2) is 13.6 Å². The second-order valence-electron chi connectivity index (χ2n) is 5.27. The maximum Gasteiger partial charge on any atom is 0.238 e. The molecule has 25 heavy (non-hydrogen) atoms. The van der Waals surface area contributed by atoms with Gasteiger partial charge in [-0.05, 0) is 55.2 Å². The lowest BCUT2D eigenvalue weighted by Gasteiger charge is -2.08. The van der Waals surface area contributed by atoms with Crippen molar-refractivity contribution in [2.75, 3.05) is 0 Å². The van der Waals surface area contributed by atoms with Crippen LogP contribution in [0.2, 0.25) is 0 Å². The highest BCUT2D eigenvalue weighted by Crippen LogP contribution is 2.23. The van der Waals surface area contributed by atoms with E-state index in [4.69, 9.17) is 5.14 Å². The van der Waals surface area contributed by atoms with Gasteiger partial charge in [-0.2, -0.15) is 0 Å². The van der Waals surface area contributed by atoms with Crippen molar-refractivity contribution in [1.82, 2.24) is 0 Å². The Bertz CT molecular complexity index is 740. The van der Waals surface area contributed by atoms with Gasteiger partial charge >= 0.3 is 0 Å². The summed E-state index contributed by atoms with van der Waals surface area (Å²) in [6.45, 7) is 13.6. The van der Waals surface area contributed by atoms with Gasteiger partial charge in [0.2, 0.25) is 10.0 Å². The van der Waals surface area contributed by atoms with Crippen molar-refractivity contribution in [2.24, 2.45) is 10.1 Å². The lowest BCUT2D eigenvalue weighted by molar-refractivity contribution is 0.598. The molecule has 0 aromatic heterocycles. The minimum absolute atomic E-state index is 0.118. The first-order valence-corrected chi connectivity index (χ1v) is 10.0. The van der Waals surface area contributed by atoms with E-state index in [9.17, 15) is 8.42 Å². The molecule has 138 valence electrons. The van der Waals surface area contributed by atoms with E-state index in [1.165, 1.54) is 12.1 Å². The molecule has 1 aromatic rings. The van der Waals surface area contributed by atoms with Crippen molar-refractivity contribution in [3.63, 3.8) is 0 Å². The number of aliphatic imine (C=N–C) groups is 1. The van der Waals surface area contributed by atoms with Crippen LogP contribution in [0.25, 0.3) is 5.57 Å². The average molecular weight is 363 g/mol. The van der Waals surface area contributed by atoms with Crippen LogP contribution in [0.3, 0.4) is 0 Å². The summed E-state index contributed by atoms with van der Waals surface area (Å²) >= 11 is 0. The van der Waals surface area contributed by atoms with E-state index in [1.807, 2.05) is 33.8 Å². The van der Waals surface area contributed by atoms with Crippen molar-refractivity contribution < 1.29 is 8.42 Å². The monoisotopic (exact) mass is 362 g/mol. The molecule has 0 aliphatic rings. The van der Waals surface area contributed by atoms with E-state index in [1.54, 1.807) is 18.3 Å². The Hall–Kier alpha value is -1.98. The Morgan fingerprint density at radius 3 is 2.20 bits per heavy atom. The van der Waals surface area contributed by atoms with Crippen molar-refractivity contribution in [3.8, 4) is 0 Å². The molecule has 0 fully saturated rings. The number of rotatable bonds is 7. The van der Waals surface area contributed by atoms with Crippen molar-refractivity contribution in [3.05, 3.63) is 59.8 Å². The first-order valence-electron chi connectivity index (χ1n) is 8.47. The fourth-order valence-electron chi connectivity index (χ4n) is 2.01. The average Bonchev–Trinajstić information content (AvgIpc) is 2.58. The molecular weight excluding hydrogens is 332 g/mol. The molecule has 0 heterocycles. The summed E-state index contributed by atoms with van der Waals surface area (Å²) in [5.74, 6) is 0. The van der Waals surface area contributed by atoms with Crippen LogP contribution in [0.1, 0.15) is 53.0 Å². The van der Waals surface area contributed by atoms with Crippen molar-refractivity contribution in [1.29, 1.82) is 0 Å². The topological polar surface area (TPSA) is 72.5 Å². The molecule has 0 saturated heterocycles. The summed E-state index contributed by atoms with van der Waals surface area (Å²) in [5, 5.41) is 5.13. The Morgan fingerprint density at radius 1 is 1.24 bits per heavy atom. The second-order valence-corrected chi connectivity index (χ2v) is 6.83. The van der Waals surface area contributed by atoms with Crippen LogP contribution < -0.4 is 5.14 Å². The van der Waals surface area contributed by atoms with E-state index < -0.39 is 10.0 Å². The van der Waals surface area contributed by atoms with Crippen LogP contribution in [-0.2, 0) is 10.0 Å². The molecule has 0 aliphatic carbocycles. The fraction of sp³-hybridized carbons (Fsp3) is 0.350. The van der Waals surface area contributed by atoms with Crippen LogP contribution in [0.5, 0.6) is 0 Å². The quantitative estimate of drug-likeness (QED) is 0.542. The van der Waals surface area contributed by atoms with Gasteiger partial charge in [-0.15, -0.1) is 0 Å². The molecule has 0 bridgehead atoms. The maximum absolute atomic E-state index is 11.3. The maximum atomic E-state index is 11.3. The summed E-state index contributed by atoms with van der Waals surface area (Å²) < 4.78 is 22.7. The highest BCUT2D eigenvalue weighted by atomic mass is 32.2. The summed E-state index contributed by atoms with van der Waals surface area (Å²) in [6, 6.07) is 6.63. The van der Waals surface area contributed by atoms with Crippen LogP contribution in [0.15, 0.2) is 64.2 Å². The number of hydrogen-bond donors (Lipinski definition) is 1. The molecule has 0 aliphatic heterocycles. The first kappa shape index (κ1) is 23.0. The molecule has 1 aromatic carbocycles. The molecule has 0 unspecified atom stereocenters. The Labute approximate surface area is 152 Å². The van der Waals surface area contributed by atoms with Gasteiger partial charge < -0.3 is 0 Å². The molecule has 0 atom stereocenters. The molecule has 1 rings (SSSR count). The van der Waals surface area contributed by atoms with Gasteiger partial charge in [-0.3, -0.25) is 4.99 Å². The third-order valence-electron chi connectivity index (χ3n) is 3.18. The number of primary sulfonamides is 1. The van der Waals surface area contributed by atoms with Crippen molar-refractivity contribution >= 4 is 21.8 Å². The molecular formula is C20H30N2O2S. The van der Waals surface area contributed by atoms with Gasteiger partial charge in [-0.1, -0.05) is 52.0 Å². The fourth-order valence-corrected chi connectivity index (χ4v) is 2.52. The summed E-state index contributed by atoms with van der Waals surface area (Å²) in [5.41, 5.74) is 3.82. The van der Waals surface area contributed by atoms with Crippen LogP contribution in [-0.4, -0.2) is 14.6 Å². The third kappa shape index (κ3) is 8.61. The molecule has 0 saturated carbocycles. The van der Waals surface area contributed by atoms with Crippen LogP contribution in [0.4, 0.5) is 0 Å². The van der Waals surface area contributed by atoms with Gasteiger partial charge in [0, 0.05) is 11.9 Å². The normalized spacial score (nSPS) is 12.7. The Kier molecular flexibility index (Phi) is 10.6. The number of hydrogen-bond acceptors (Lipinski definition) is 3. The largest absolute Gasteiger partial charge is 0.262 e. The summed E-state index contributed by atoms with van der Waals surface area (Å²) in [6.07, 6.45) is 7.67. The van der Waals surface area contributed by atoms with Gasteiger partial charge in [0.1, 0.15) is 0 Å². The van der Waals surface area contributed by atoms with Crippen LogP contribution >= 0.6 is 0 Å². The SMILES string of the molecule is C=C(C)N=CC(=C\C)/C=C(/CCC)c1ccc(S(N)(=O)=O)cc1.CC. The molecule has 2 N–H and O–H groups in total. The smallest absolute Gasteiger partial charge is 0.238 e. The van der Waals surface area contributed by atoms with Gasteiger partial charge in [0.05, 0.1) is 4.90 Å². The predicted octanol–water partition coefficient (Wildman–Crippen LogP) is 5.09. The highest BCUT2D eigenvalue weighted by molar-refractivity contribution is 7.89. The van der Waals surface area contributed by atoms with E-state index in [2.05, 4.69) is 24.6 Å². The van der Waals surface area contributed by atoms with E-state index in [0.717, 1.165) is 35.2 Å². The Morgan fingerprint density at radius 2 is 1.80 bits per heavy atom. The lowest BCUT2D eigenvalue weighted by atomic mass is 9.99. The minimum atomic E-state index is -3.67. The zero-order valence-corrected chi connectivity index (χ0v) is 16.7.